The first-order chi connectivity index (χ1) is 14.7. The zero-order valence-electron chi connectivity index (χ0n) is 17.3. The Hall–Kier alpha value is -3.35. The summed E-state index contributed by atoms with van der Waals surface area (Å²) in [5.41, 5.74) is 4.63. The third kappa shape index (κ3) is 4.79. The molecule has 1 amide bonds. The first kappa shape index (κ1) is 19.9. The predicted octanol–water partition coefficient (Wildman–Crippen LogP) is 4.28. The van der Waals surface area contributed by atoms with E-state index in [0.717, 1.165) is 18.7 Å². The van der Waals surface area contributed by atoms with Crippen molar-refractivity contribution in [1.29, 1.82) is 0 Å². The van der Waals surface area contributed by atoms with Gasteiger partial charge in [-0.05, 0) is 30.2 Å². The van der Waals surface area contributed by atoms with Gasteiger partial charge in [-0.3, -0.25) is 9.69 Å². The molecule has 150 valence electrons. The molecule has 30 heavy (non-hydrogen) atoms. The van der Waals surface area contributed by atoms with E-state index in [1.165, 1.54) is 16.7 Å². The second-order valence-electron chi connectivity index (χ2n) is 7.67. The Labute approximate surface area is 179 Å². The highest BCUT2D eigenvalue weighted by atomic mass is 16.2. The summed E-state index contributed by atoms with van der Waals surface area (Å²) in [5, 5.41) is 0. The number of rotatable bonds is 3. The van der Waals surface area contributed by atoms with E-state index in [1.807, 2.05) is 36.1 Å². The van der Waals surface area contributed by atoms with Crippen molar-refractivity contribution in [1.82, 2.24) is 9.80 Å². The van der Waals surface area contributed by atoms with Crippen LogP contribution in [0.15, 0.2) is 84.9 Å². The predicted molar refractivity (Wildman–Crippen MR) is 121 cm³/mol. The van der Waals surface area contributed by atoms with Crippen molar-refractivity contribution in [3.63, 3.8) is 0 Å². The van der Waals surface area contributed by atoms with Crippen LogP contribution in [0.2, 0.25) is 0 Å². The van der Waals surface area contributed by atoms with Gasteiger partial charge < -0.3 is 4.90 Å². The van der Waals surface area contributed by atoms with Gasteiger partial charge in [0.05, 0.1) is 6.04 Å². The average molecular weight is 395 g/mol. The van der Waals surface area contributed by atoms with E-state index >= 15 is 0 Å². The molecule has 1 fully saturated rings. The molecule has 0 saturated carbocycles. The van der Waals surface area contributed by atoms with Gasteiger partial charge in [-0.15, -0.1) is 0 Å². The van der Waals surface area contributed by atoms with E-state index in [2.05, 4.69) is 77.4 Å². The van der Waals surface area contributed by atoms with Crippen molar-refractivity contribution < 1.29 is 4.79 Å². The van der Waals surface area contributed by atoms with Crippen LogP contribution in [0.5, 0.6) is 0 Å². The van der Waals surface area contributed by atoms with E-state index in [4.69, 9.17) is 0 Å². The van der Waals surface area contributed by atoms with E-state index < -0.39 is 0 Å². The van der Waals surface area contributed by atoms with Crippen LogP contribution in [0.25, 0.3) is 0 Å². The minimum absolute atomic E-state index is 0.0915. The number of piperazine rings is 1. The molecule has 3 aromatic rings. The lowest BCUT2D eigenvalue weighted by atomic mass is 9.96. The topological polar surface area (TPSA) is 23.6 Å². The molecule has 1 aliphatic rings. The molecule has 1 heterocycles. The number of nitrogens with zero attached hydrogens (tertiary/aromatic N) is 2. The minimum atomic E-state index is -0.0915. The summed E-state index contributed by atoms with van der Waals surface area (Å²) in [5.74, 6) is 5.72. The fourth-order valence-corrected chi connectivity index (χ4v) is 3.91. The van der Waals surface area contributed by atoms with Crippen LogP contribution in [0.1, 0.15) is 28.3 Å². The molecule has 0 unspecified atom stereocenters. The zero-order chi connectivity index (χ0) is 20.8. The molecule has 4 rings (SSSR count). The van der Waals surface area contributed by atoms with Gasteiger partial charge in [-0.25, -0.2) is 0 Å². The fraction of sp³-hybridized carbons (Fsp3) is 0.222. The Morgan fingerprint density at radius 1 is 0.767 bits per heavy atom. The number of hydrogen-bond acceptors (Lipinski definition) is 2. The highest BCUT2D eigenvalue weighted by molar-refractivity contribution is 5.94. The summed E-state index contributed by atoms with van der Waals surface area (Å²) in [6.45, 7) is 5.08. The third-order valence-corrected chi connectivity index (χ3v) is 5.56. The molecule has 3 heteroatoms. The van der Waals surface area contributed by atoms with Gasteiger partial charge in [0.25, 0.3) is 5.91 Å². The molecule has 0 aromatic heterocycles. The normalized spacial score (nSPS) is 14.3. The maximum atomic E-state index is 12.6. The van der Waals surface area contributed by atoms with Crippen LogP contribution in [0.3, 0.4) is 0 Å². The summed E-state index contributed by atoms with van der Waals surface area (Å²) in [6.07, 6.45) is 0. The van der Waals surface area contributed by atoms with Gasteiger partial charge in [0.1, 0.15) is 0 Å². The van der Waals surface area contributed by atoms with E-state index in [-0.39, 0.29) is 11.9 Å². The van der Waals surface area contributed by atoms with Crippen LogP contribution in [-0.2, 0) is 4.79 Å². The number of benzene rings is 3. The fourth-order valence-electron chi connectivity index (χ4n) is 3.91. The molecular weight excluding hydrogens is 368 g/mol. The highest BCUT2D eigenvalue weighted by Crippen LogP contribution is 2.29. The van der Waals surface area contributed by atoms with Gasteiger partial charge in [0.2, 0.25) is 0 Å². The van der Waals surface area contributed by atoms with Crippen LogP contribution >= 0.6 is 0 Å². The van der Waals surface area contributed by atoms with Crippen molar-refractivity contribution >= 4 is 5.91 Å². The van der Waals surface area contributed by atoms with Crippen LogP contribution in [-0.4, -0.2) is 41.9 Å². The lowest BCUT2D eigenvalue weighted by Gasteiger charge is -2.39. The Kier molecular flexibility index (Phi) is 6.27. The standard InChI is InChI=1S/C27H26N2O/c1-22-12-14-23(15-13-22)16-17-26(30)28-18-20-29(21-19-28)27(24-8-4-2-5-9-24)25-10-6-3-7-11-25/h2-15,27H,18-21H2,1H3. The van der Waals surface area contributed by atoms with Gasteiger partial charge in [0, 0.05) is 37.7 Å². The quantitative estimate of drug-likeness (QED) is 0.619. The van der Waals surface area contributed by atoms with E-state index in [9.17, 15) is 4.79 Å². The average Bonchev–Trinajstić information content (AvgIpc) is 2.81. The van der Waals surface area contributed by atoms with Crippen LogP contribution in [0, 0.1) is 18.8 Å². The van der Waals surface area contributed by atoms with Crippen molar-refractivity contribution in [2.75, 3.05) is 26.2 Å². The smallest absolute Gasteiger partial charge is 0.298 e. The van der Waals surface area contributed by atoms with E-state index in [1.54, 1.807) is 0 Å². The lowest BCUT2D eigenvalue weighted by molar-refractivity contribution is -0.127. The monoisotopic (exact) mass is 394 g/mol. The Bertz CT molecular complexity index is 985. The van der Waals surface area contributed by atoms with Crippen molar-refractivity contribution in [3.05, 3.63) is 107 Å². The zero-order valence-corrected chi connectivity index (χ0v) is 17.3. The Morgan fingerprint density at radius 3 is 1.83 bits per heavy atom. The second-order valence-corrected chi connectivity index (χ2v) is 7.67. The van der Waals surface area contributed by atoms with Crippen LogP contribution in [0.4, 0.5) is 0 Å². The molecule has 1 aliphatic heterocycles. The second kappa shape index (κ2) is 9.43. The molecule has 0 spiro atoms. The number of hydrogen-bond donors (Lipinski definition) is 0. The minimum Gasteiger partial charge on any atom is -0.329 e. The molecule has 3 nitrogen and oxygen atoms in total. The van der Waals surface area contributed by atoms with E-state index in [0.29, 0.717) is 13.1 Å². The SMILES string of the molecule is Cc1ccc(C#CC(=O)N2CCN(C(c3ccccc3)c3ccccc3)CC2)cc1. The third-order valence-electron chi connectivity index (χ3n) is 5.56. The summed E-state index contributed by atoms with van der Waals surface area (Å²) in [7, 11) is 0. The highest BCUT2D eigenvalue weighted by Gasteiger charge is 2.27. The maximum absolute atomic E-state index is 12.6. The molecule has 0 atom stereocenters. The summed E-state index contributed by atoms with van der Waals surface area (Å²) >= 11 is 0. The summed E-state index contributed by atoms with van der Waals surface area (Å²) < 4.78 is 0. The van der Waals surface area contributed by atoms with Gasteiger partial charge in [-0.1, -0.05) is 84.3 Å². The van der Waals surface area contributed by atoms with Crippen molar-refractivity contribution in [3.8, 4) is 11.8 Å². The Morgan fingerprint density at radius 2 is 1.30 bits per heavy atom. The maximum Gasteiger partial charge on any atom is 0.298 e. The largest absolute Gasteiger partial charge is 0.329 e. The van der Waals surface area contributed by atoms with Crippen molar-refractivity contribution in [2.45, 2.75) is 13.0 Å². The molecule has 0 aliphatic carbocycles. The Balaban J connectivity index is 1.45. The molecule has 0 N–H and O–H groups in total. The molecule has 0 bridgehead atoms. The van der Waals surface area contributed by atoms with Crippen LogP contribution < -0.4 is 0 Å². The molecule has 3 aromatic carbocycles. The number of carbonyl (C=O) groups excluding carboxylic acids is 1. The summed E-state index contributed by atoms with van der Waals surface area (Å²) in [4.78, 5) is 16.9. The summed E-state index contributed by atoms with van der Waals surface area (Å²) in [6, 6.07) is 29.3. The first-order valence-electron chi connectivity index (χ1n) is 10.4. The number of carbonyl (C=O) groups is 1. The number of amides is 1. The lowest BCUT2D eigenvalue weighted by Crippen LogP contribution is -2.49. The molecule has 0 radical (unpaired) electrons. The van der Waals surface area contributed by atoms with Crippen molar-refractivity contribution in [2.24, 2.45) is 0 Å². The molecular formula is C27H26N2O. The van der Waals surface area contributed by atoms with Gasteiger partial charge in [0.15, 0.2) is 0 Å². The number of aryl methyl sites for hydroxylation is 1. The first-order valence-corrected chi connectivity index (χ1v) is 10.4. The van der Waals surface area contributed by atoms with Gasteiger partial charge >= 0.3 is 0 Å². The van der Waals surface area contributed by atoms with Gasteiger partial charge in [-0.2, -0.15) is 0 Å². The molecule has 1 saturated heterocycles.